The maximum atomic E-state index is 5.12. The van der Waals surface area contributed by atoms with Gasteiger partial charge in [-0.25, -0.2) is 4.98 Å². The molecule has 0 spiro atoms. The van der Waals surface area contributed by atoms with Gasteiger partial charge in [0.25, 0.3) is 0 Å². The zero-order valence-corrected chi connectivity index (χ0v) is 23.5. The Morgan fingerprint density at radius 2 is 1.33 bits per heavy atom. The number of thiophene rings is 1. The molecule has 9 rings (SSSR count). The Morgan fingerprint density at radius 1 is 0.619 bits per heavy atom. The third-order valence-electron chi connectivity index (χ3n) is 8.47. The second-order valence-corrected chi connectivity index (χ2v) is 12.1. The average Bonchev–Trinajstić information content (AvgIpc) is 3.84. The van der Waals surface area contributed by atoms with E-state index in [4.69, 9.17) is 4.98 Å². The molecule has 1 aliphatic heterocycles. The van der Waals surface area contributed by atoms with Crippen molar-refractivity contribution in [2.45, 2.75) is 6.04 Å². The lowest BCUT2D eigenvalue weighted by Gasteiger charge is -2.09. The van der Waals surface area contributed by atoms with Gasteiger partial charge in [0.2, 0.25) is 0 Å². The second kappa shape index (κ2) is 9.31. The summed E-state index contributed by atoms with van der Waals surface area (Å²) in [6.45, 7) is 1.09. The summed E-state index contributed by atoms with van der Waals surface area (Å²) in [5.41, 5.74) is 10.3. The Kier molecular flexibility index (Phi) is 5.27. The summed E-state index contributed by atoms with van der Waals surface area (Å²) in [5, 5.41) is 8.17. The van der Waals surface area contributed by atoms with Gasteiger partial charge < -0.3 is 5.32 Å². The van der Waals surface area contributed by atoms with Crippen molar-refractivity contribution in [3.8, 4) is 33.5 Å². The Bertz CT molecular complexity index is 2300. The number of benzene rings is 5. The number of nitrogens with zero attached hydrogens (tertiary/aromatic N) is 2. The van der Waals surface area contributed by atoms with Crippen molar-refractivity contribution in [2.75, 3.05) is 6.54 Å². The number of rotatable bonds is 4. The lowest BCUT2D eigenvalue weighted by Crippen LogP contribution is -1.88. The predicted octanol–water partition coefficient (Wildman–Crippen LogP) is 9.80. The van der Waals surface area contributed by atoms with Crippen LogP contribution in [0.1, 0.15) is 11.6 Å². The summed E-state index contributed by atoms with van der Waals surface area (Å²) in [7, 11) is 0. The van der Waals surface area contributed by atoms with Crippen molar-refractivity contribution in [2.24, 2.45) is 0 Å². The molecule has 3 nitrogen and oxygen atoms in total. The average molecular weight is 556 g/mol. The summed E-state index contributed by atoms with van der Waals surface area (Å²) in [4.78, 5) is 9.77. The first-order valence-corrected chi connectivity index (χ1v) is 15.1. The molecule has 1 fully saturated rings. The Balaban J connectivity index is 1.14. The standard InChI is InChI=1S/C38H25N3S/c1-4-30(25-10-6-23(7-11-25)24-8-12-26(13-9-24)33-22-40-33)36-31-21-29(17-19-34(31)42-35(36)5-1)32-18-16-28-15-14-27-3-2-20-39-37(27)38(28)41-32/h1-21,33,40H,22H2. The Morgan fingerprint density at radius 3 is 2.14 bits per heavy atom. The van der Waals surface area contributed by atoms with Gasteiger partial charge in [0.1, 0.15) is 0 Å². The molecule has 1 N–H and O–H groups in total. The Hall–Kier alpha value is -4.90. The van der Waals surface area contributed by atoms with Crippen LogP contribution in [0.25, 0.3) is 75.5 Å². The first kappa shape index (κ1) is 23.8. The molecular weight excluding hydrogens is 531 g/mol. The van der Waals surface area contributed by atoms with Crippen LogP contribution < -0.4 is 5.32 Å². The number of aromatic nitrogens is 2. The Labute approximate surface area is 247 Å². The topological polar surface area (TPSA) is 47.7 Å². The zero-order valence-electron chi connectivity index (χ0n) is 22.7. The summed E-state index contributed by atoms with van der Waals surface area (Å²) < 4.78 is 2.59. The van der Waals surface area contributed by atoms with Crippen molar-refractivity contribution >= 4 is 53.3 Å². The van der Waals surface area contributed by atoms with Crippen LogP contribution in [0.2, 0.25) is 0 Å². The molecule has 198 valence electrons. The van der Waals surface area contributed by atoms with Gasteiger partial charge in [-0.05, 0) is 58.1 Å². The van der Waals surface area contributed by atoms with E-state index >= 15 is 0 Å². The van der Waals surface area contributed by atoms with Crippen molar-refractivity contribution in [1.29, 1.82) is 0 Å². The van der Waals surface area contributed by atoms with Crippen LogP contribution in [0.4, 0.5) is 0 Å². The highest BCUT2D eigenvalue weighted by Gasteiger charge is 2.21. The van der Waals surface area contributed by atoms with Gasteiger partial charge in [-0.2, -0.15) is 0 Å². The van der Waals surface area contributed by atoms with E-state index < -0.39 is 0 Å². The predicted molar refractivity (Wildman–Crippen MR) is 177 cm³/mol. The van der Waals surface area contributed by atoms with Crippen molar-refractivity contribution in [3.63, 3.8) is 0 Å². The maximum absolute atomic E-state index is 5.12. The molecule has 4 heteroatoms. The highest BCUT2D eigenvalue weighted by atomic mass is 32.1. The van der Waals surface area contributed by atoms with E-state index in [1.807, 2.05) is 23.6 Å². The van der Waals surface area contributed by atoms with Gasteiger partial charge in [0.05, 0.1) is 16.7 Å². The second-order valence-electron chi connectivity index (χ2n) is 11.1. The molecule has 8 aromatic rings. The summed E-state index contributed by atoms with van der Waals surface area (Å²) in [6.07, 6.45) is 1.84. The largest absolute Gasteiger partial charge is 0.307 e. The van der Waals surface area contributed by atoms with Crippen LogP contribution in [-0.2, 0) is 0 Å². The maximum Gasteiger partial charge on any atom is 0.0972 e. The van der Waals surface area contributed by atoms with Gasteiger partial charge in [0.15, 0.2) is 0 Å². The minimum Gasteiger partial charge on any atom is -0.307 e. The molecule has 0 aliphatic carbocycles. The van der Waals surface area contributed by atoms with Crippen molar-refractivity contribution < 1.29 is 0 Å². The number of pyridine rings is 2. The first-order valence-electron chi connectivity index (χ1n) is 14.3. The van der Waals surface area contributed by atoms with Crippen LogP contribution in [0.5, 0.6) is 0 Å². The van der Waals surface area contributed by atoms with Crippen LogP contribution in [0, 0.1) is 0 Å². The monoisotopic (exact) mass is 555 g/mol. The van der Waals surface area contributed by atoms with Gasteiger partial charge in [-0.3, -0.25) is 4.98 Å². The SMILES string of the molecule is c1cnc2c(c1)ccc1ccc(-c3ccc4sc5cccc(-c6ccc(-c7ccc(C8CN8)cc7)cc6)c5c4c3)nc12. The van der Waals surface area contributed by atoms with Crippen LogP contribution in [0.15, 0.2) is 128 Å². The molecule has 3 aromatic heterocycles. The molecule has 0 amide bonds. The normalized spacial score (nSPS) is 14.7. The van der Waals surface area contributed by atoms with Crippen molar-refractivity contribution in [1.82, 2.24) is 15.3 Å². The number of hydrogen-bond donors (Lipinski definition) is 1. The van der Waals surface area contributed by atoms with Crippen LogP contribution >= 0.6 is 11.3 Å². The highest BCUT2D eigenvalue weighted by Crippen LogP contribution is 2.42. The molecule has 42 heavy (non-hydrogen) atoms. The first-order chi connectivity index (χ1) is 20.8. The molecule has 1 atom stereocenters. The molecule has 1 aliphatic rings. The summed E-state index contributed by atoms with van der Waals surface area (Å²) >= 11 is 1.85. The summed E-state index contributed by atoms with van der Waals surface area (Å²) in [6, 6.07) is 44.5. The van der Waals surface area contributed by atoms with Crippen LogP contribution in [0.3, 0.4) is 0 Å². The van der Waals surface area contributed by atoms with E-state index in [1.54, 1.807) is 0 Å². The van der Waals surface area contributed by atoms with E-state index in [1.165, 1.54) is 48.0 Å². The molecule has 5 aromatic carbocycles. The smallest absolute Gasteiger partial charge is 0.0972 e. The van der Waals surface area contributed by atoms with E-state index in [0.29, 0.717) is 6.04 Å². The van der Waals surface area contributed by atoms with E-state index in [0.717, 1.165) is 39.6 Å². The van der Waals surface area contributed by atoms with E-state index in [-0.39, 0.29) is 0 Å². The quantitative estimate of drug-likeness (QED) is 0.174. The van der Waals surface area contributed by atoms with Crippen LogP contribution in [-0.4, -0.2) is 16.5 Å². The fraction of sp³-hybridized carbons (Fsp3) is 0.0526. The lowest BCUT2D eigenvalue weighted by atomic mass is 9.96. The minimum absolute atomic E-state index is 0.539. The fourth-order valence-electron chi connectivity index (χ4n) is 6.16. The molecule has 0 radical (unpaired) electrons. The molecule has 0 saturated carbocycles. The van der Waals surface area contributed by atoms with Crippen molar-refractivity contribution in [3.05, 3.63) is 133 Å². The summed E-state index contributed by atoms with van der Waals surface area (Å²) in [5.74, 6) is 0. The highest BCUT2D eigenvalue weighted by molar-refractivity contribution is 7.26. The molecule has 4 heterocycles. The van der Waals surface area contributed by atoms with Gasteiger partial charge >= 0.3 is 0 Å². The molecular formula is C38H25N3S. The van der Waals surface area contributed by atoms with E-state index in [9.17, 15) is 0 Å². The minimum atomic E-state index is 0.539. The number of nitrogens with one attached hydrogen (secondary N) is 1. The number of hydrogen-bond acceptors (Lipinski definition) is 4. The molecule has 0 bridgehead atoms. The fourth-order valence-corrected chi connectivity index (χ4v) is 7.27. The number of fused-ring (bicyclic) bond motifs is 6. The third kappa shape index (κ3) is 3.92. The third-order valence-corrected chi connectivity index (χ3v) is 9.61. The zero-order chi connectivity index (χ0) is 27.6. The van der Waals surface area contributed by atoms with Gasteiger partial charge in [-0.15, -0.1) is 11.3 Å². The molecule has 1 unspecified atom stereocenters. The van der Waals surface area contributed by atoms with E-state index in [2.05, 4.69) is 126 Å². The lowest BCUT2D eigenvalue weighted by molar-refractivity contribution is 1.08. The molecule has 1 saturated heterocycles. The van der Waals surface area contributed by atoms with Gasteiger partial charge in [0, 0.05) is 55.3 Å². The van der Waals surface area contributed by atoms with Gasteiger partial charge in [-0.1, -0.05) is 91.0 Å².